The number of nitrogens with one attached hydrogen (secondary N) is 2. The van der Waals surface area contributed by atoms with Crippen LogP contribution in [0.5, 0.6) is 5.75 Å². The zero-order valence-corrected chi connectivity index (χ0v) is 11.3. The van der Waals surface area contributed by atoms with Crippen molar-refractivity contribution in [2.24, 2.45) is 4.99 Å². The Morgan fingerprint density at radius 3 is 2.76 bits per heavy atom. The van der Waals surface area contributed by atoms with Gasteiger partial charge in [0.15, 0.2) is 0 Å². The predicted octanol–water partition coefficient (Wildman–Crippen LogP) is 3.22. The Bertz CT molecular complexity index is 528. The number of H-pyrrole nitrogens is 2. The summed E-state index contributed by atoms with van der Waals surface area (Å²) in [5.41, 5.74) is 2.87. The number of aromatic nitrogens is 2. The molecule has 0 amide bonds. The maximum atomic E-state index is 5.30. The first-order valence-electron chi connectivity index (χ1n) is 5.36. The van der Waals surface area contributed by atoms with Crippen molar-refractivity contribution in [2.45, 2.75) is 6.92 Å². The molecule has 0 fully saturated rings. The molecule has 2 heterocycles. The van der Waals surface area contributed by atoms with E-state index in [1.807, 2.05) is 25.1 Å². The van der Waals surface area contributed by atoms with Gasteiger partial charge in [0.25, 0.3) is 0 Å². The lowest BCUT2D eigenvalue weighted by Gasteiger charge is -1.94. The van der Waals surface area contributed by atoms with Gasteiger partial charge in [0.05, 0.1) is 28.8 Å². The third-order valence-corrected chi connectivity index (χ3v) is 2.84. The summed E-state index contributed by atoms with van der Waals surface area (Å²) in [6, 6.07) is 5.91. The molecule has 0 atom stereocenters. The molecule has 17 heavy (non-hydrogen) atoms. The molecule has 5 heteroatoms. The molecule has 0 spiro atoms. The minimum atomic E-state index is 0.756. The Balaban J connectivity index is 2.37. The van der Waals surface area contributed by atoms with E-state index in [9.17, 15) is 0 Å². The van der Waals surface area contributed by atoms with Crippen molar-refractivity contribution in [1.82, 2.24) is 9.97 Å². The van der Waals surface area contributed by atoms with Gasteiger partial charge in [-0.3, -0.25) is 4.99 Å². The summed E-state index contributed by atoms with van der Waals surface area (Å²) in [4.78, 5) is 10.7. The Morgan fingerprint density at radius 1 is 1.35 bits per heavy atom. The molecule has 2 aromatic rings. The van der Waals surface area contributed by atoms with Crippen molar-refractivity contribution >= 4 is 22.1 Å². The SMILES string of the molecule is CCN=Cc1[nH]c(-c2ccc(Br)[nH]2)cc1OC. The number of ether oxygens (including phenoxy) is 1. The van der Waals surface area contributed by atoms with Gasteiger partial charge >= 0.3 is 0 Å². The molecule has 0 saturated heterocycles. The van der Waals surface area contributed by atoms with E-state index in [-0.39, 0.29) is 0 Å². The molecule has 2 N–H and O–H groups in total. The zero-order chi connectivity index (χ0) is 12.3. The van der Waals surface area contributed by atoms with Gasteiger partial charge in [-0.25, -0.2) is 0 Å². The zero-order valence-electron chi connectivity index (χ0n) is 9.75. The van der Waals surface area contributed by atoms with Gasteiger partial charge in [0.2, 0.25) is 0 Å². The summed E-state index contributed by atoms with van der Waals surface area (Å²) in [5, 5.41) is 0. The van der Waals surface area contributed by atoms with Crippen LogP contribution in [0.2, 0.25) is 0 Å². The minimum absolute atomic E-state index is 0.756. The number of hydrogen-bond acceptors (Lipinski definition) is 2. The van der Waals surface area contributed by atoms with Crippen LogP contribution in [0, 0.1) is 0 Å². The summed E-state index contributed by atoms with van der Waals surface area (Å²) >= 11 is 3.39. The largest absolute Gasteiger partial charge is 0.494 e. The van der Waals surface area contributed by atoms with Gasteiger partial charge in [-0.2, -0.15) is 0 Å². The van der Waals surface area contributed by atoms with Crippen LogP contribution < -0.4 is 4.74 Å². The van der Waals surface area contributed by atoms with Crippen LogP contribution >= 0.6 is 15.9 Å². The Morgan fingerprint density at radius 2 is 2.18 bits per heavy atom. The smallest absolute Gasteiger partial charge is 0.146 e. The highest BCUT2D eigenvalue weighted by molar-refractivity contribution is 9.10. The average molecular weight is 296 g/mol. The first-order valence-corrected chi connectivity index (χ1v) is 6.15. The van der Waals surface area contributed by atoms with Gasteiger partial charge < -0.3 is 14.7 Å². The van der Waals surface area contributed by atoms with E-state index < -0.39 is 0 Å². The van der Waals surface area contributed by atoms with Crippen LogP contribution in [-0.4, -0.2) is 29.8 Å². The van der Waals surface area contributed by atoms with E-state index >= 15 is 0 Å². The quantitative estimate of drug-likeness (QED) is 0.836. The van der Waals surface area contributed by atoms with E-state index in [2.05, 4.69) is 30.9 Å². The highest BCUT2D eigenvalue weighted by Crippen LogP contribution is 2.26. The molecule has 0 radical (unpaired) electrons. The van der Waals surface area contributed by atoms with Gasteiger partial charge in [-0.1, -0.05) is 0 Å². The van der Waals surface area contributed by atoms with Crippen LogP contribution in [0.3, 0.4) is 0 Å². The number of nitrogens with zero attached hydrogens (tertiary/aromatic N) is 1. The van der Waals surface area contributed by atoms with Crippen LogP contribution in [0.4, 0.5) is 0 Å². The summed E-state index contributed by atoms with van der Waals surface area (Å²) in [6.07, 6.45) is 1.79. The number of methoxy groups -OCH3 is 1. The van der Waals surface area contributed by atoms with E-state index in [0.717, 1.165) is 34.0 Å². The highest BCUT2D eigenvalue weighted by atomic mass is 79.9. The molecule has 90 valence electrons. The summed E-state index contributed by atoms with van der Waals surface area (Å²) in [7, 11) is 1.65. The first kappa shape index (κ1) is 12.0. The third-order valence-electron chi connectivity index (χ3n) is 2.37. The van der Waals surface area contributed by atoms with Gasteiger partial charge in [0.1, 0.15) is 5.75 Å². The molecule has 2 aromatic heterocycles. The normalized spacial score (nSPS) is 11.2. The molecule has 0 aliphatic carbocycles. The topological polar surface area (TPSA) is 53.2 Å². The Labute approximate surface area is 108 Å². The highest BCUT2D eigenvalue weighted by Gasteiger charge is 2.09. The summed E-state index contributed by atoms with van der Waals surface area (Å²) in [5.74, 6) is 0.794. The maximum Gasteiger partial charge on any atom is 0.146 e. The van der Waals surface area contributed by atoms with Gasteiger partial charge in [-0.15, -0.1) is 0 Å². The molecule has 0 bridgehead atoms. The van der Waals surface area contributed by atoms with Gasteiger partial charge in [0, 0.05) is 18.8 Å². The van der Waals surface area contributed by atoms with Crippen LogP contribution in [0.25, 0.3) is 11.4 Å². The second-order valence-corrected chi connectivity index (χ2v) is 4.37. The summed E-state index contributed by atoms with van der Waals surface area (Å²) < 4.78 is 6.25. The lowest BCUT2D eigenvalue weighted by atomic mass is 10.3. The predicted molar refractivity (Wildman–Crippen MR) is 73.0 cm³/mol. The second kappa shape index (κ2) is 5.23. The van der Waals surface area contributed by atoms with Crippen LogP contribution in [0.15, 0.2) is 27.8 Å². The fraction of sp³-hybridized carbons (Fsp3) is 0.250. The molecule has 0 aromatic carbocycles. The van der Waals surface area contributed by atoms with E-state index in [4.69, 9.17) is 4.74 Å². The monoisotopic (exact) mass is 295 g/mol. The number of aliphatic imine (C=N–C) groups is 1. The number of halogens is 1. The number of rotatable bonds is 4. The third kappa shape index (κ3) is 2.61. The molecule has 4 nitrogen and oxygen atoms in total. The van der Waals surface area contributed by atoms with E-state index in [1.54, 1.807) is 13.3 Å². The van der Waals surface area contributed by atoms with Crippen molar-refractivity contribution < 1.29 is 4.74 Å². The fourth-order valence-corrected chi connectivity index (χ4v) is 1.92. The first-order chi connectivity index (χ1) is 8.24. The van der Waals surface area contributed by atoms with Crippen molar-refractivity contribution in [3.63, 3.8) is 0 Å². The Kier molecular flexibility index (Phi) is 3.68. The average Bonchev–Trinajstić information content (AvgIpc) is 2.92. The maximum absolute atomic E-state index is 5.30. The minimum Gasteiger partial charge on any atom is -0.494 e. The molecule has 0 aliphatic rings. The van der Waals surface area contributed by atoms with E-state index in [0.29, 0.717) is 0 Å². The fourth-order valence-electron chi connectivity index (χ4n) is 1.57. The molecule has 0 aliphatic heterocycles. The lowest BCUT2D eigenvalue weighted by molar-refractivity contribution is 0.415. The van der Waals surface area contributed by atoms with Crippen molar-refractivity contribution in [1.29, 1.82) is 0 Å². The molecule has 0 unspecified atom stereocenters. The number of hydrogen-bond donors (Lipinski definition) is 2. The molecular weight excluding hydrogens is 282 g/mol. The van der Waals surface area contributed by atoms with Crippen molar-refractivity contribution in [2.75, 3.05) is 13.7 Å². The summed E-state index contributed by atoms with van der Waals surface area (Å²) in [6.45, 7) is 2.75. The van der Waals surface area contributed by atoms with Crippen molar-refractivity contribution in [3.8, 4) is 17.1 Å². The molecule has 0 saturated carbocycles. The van der Waals surface area contributed by atoms with Crippen molar-refractivity contribution in [3.05, 3.63) is 28.5 Å². The second-order valence-electron chi connectivity index (χ2n) is 3.51. The Hall–Kier alpha value is -1.49. The van der Waals surface area contributed by atoms with Crippen LogP contribution in [0.1, 0.15) is 12.6 Å². The standard InChI is InChI=1S/C12H14BrN3O/c1-3-14-7-10-11(17-2)6-9(15-10)8-4-5-12(13)16-8/h4-7,15-16H,3H2,1-2H3. The number of aromatic amines is 2. The molecule has 2 rings (SSSR count). The van der Waals surface area contributed by atoms with Crippen LogP contribution in [-0.2, 0) is 0 Å². The lowest BCUT2D eigenvalue weighted by Crippen LogP contribution is -1.88. The van der Waals surface area contributed by atoms with Gasteiger partial charge in [-0.05, 0) is 35.0 Å². The molecular formula is C12H14BrN3O. The van der Waals surface area contributed by atoms with E-state index in [1.165, 1.54) is 0 Å².